The van der Waals surface area contributed by atoms with Gasteiger partial charge >= 0.3 is 0 Å². The van der Waals surface area contributed by atoms with Crippen LogP contribution in [-0.2, 0) is 6.54 Å². The van der Waals surface area contributed by atoms with Gasteiger partial charge in [-0.25, -0.2) is 9.67 Å². The van der Waals surface area contributed by atoms with Gasteiger partial charge in [0, 0.05) is 6.54 Å². The Kier molecular flexibility index (Phi) is 2.71. The summed E-state index contributed by atoms with van der Waals surface area (Å²) in [6, 6.07) is 0. The second-order valence-corrected chi connectivity index (χ2v) is 2.00. The van der Waals surface area contributed by atoms with Gasteiger partial charge in [-0.15, -0.1) is 0 Å². The van der Waals surface area contributed by atoms with Gasteiger partial charge in [-0.05, 0) is 6.42 Å². The van der Waals surface area contributed by atoms with Crippen LogP contribution in [-0.4, -0.2) is 27.7 Å². The van der Waals surface area contributed by atoms with Gasteiger partial charge in [0.2, 0.25) is 0 Å². The third-order valence-corrected chi connectivity index (χ3v) is 1.25. The molecule has 1 aromatic rings. The first kappa shape index (κ1) is 7.84. The maximum atomic E-state index is 11.7. The Morgan fingerprint density at radius 3 is 3.18 bits per heavy atom. The van der Waals surface area contributed by atoms with E-state index in [2.05, 4.69) is 10.1 Å². The fraction of sp³-hybridized carbons (Fsp3) is 0.500. The van der Waals surface area contributed by atoms with Gasteiger partial charge in [-0.3, -0.25) is 9.18 Å². The fourth-order valence-electron chi connectivity index (χ4n) is 0.746. The highest BCUT2D eigenvalue weighted by atomic mass is 19.1. The van der Waals surface area contributed by atoms with Crippen LogP contribution in [0.1, 0.15) is 17.0 Å². The highest BCUT2D eigenvalue weighted by Gasteiger charge is 2.00. The number of aromatic nitrogens is 3. The van der Waals surface area contributed by atoms with E-state index in [1.165, 1.54) is 11.0 Å². The van der Waals surface area contributed by atoms with Crippen LogP contribution in [0, 0.1) is 0 Å². The molecule has 1 rings (SSSR count). The van der Waals surface area contributed by atoms with E-state index in [0.29, 0.717) is 19.3 Å². The molecule has 0 saturated carbocycles. The molecule has 11 heavy (non-hydrogen) atoms. The number of alkyl halides is 1. The van der Waals surface area contributed by atoms with Gasteiger partial charge in [0.1, 0.15) is 6.33 Å². The molecule has 0 radical (unpaired) electrons. The quantitative estimate of drug-likeness (QED) is 0.596. The molecule has 0 aliphatic heterocycles. The third-order valence-electron chi connectivity index (χ3n) is 1.25. The molecule has 0 N–H and O–H groups in total. The number of carbonyl (C=O) groups excluding carboxylic acids is 1. The molecule has 1 aromatic heterocycles. The number of rotatable bonds is 4. The molecule has 60 valence electrons. The molecule has 0 amide bonds. The minimum Gasteiger partial charge on any atom is -0.294 e. The van der Waals surface area contributed by atoms with Gasteiger partial charge in [0.25, 0.3) is 0 Å². The maximum absolute atomic E-state index is 11.7. The van der Waals surface area contributed by atoms with Crippen molar-refractivity contribution in [2.45, 2.75) is 13.0 Å². The van der Waals surface area contributed by atoms with Crippen molar-refractivity contribution in [1.29, 1.82) is 0 Å². The average Bonchev–Trinajstić information content (AvgIpc) is 2.47. The first-order valence-electron chi connectivity index (χ1n) is 3.27. The van der Waals surface area contributed by atoms with E-state index >= 15 is 0 Å². The zero-order valence-electron chi connectivity index (χ0n) is 5.90. The van der Waals surface area contributed by atoms with E-state index in [-0.39, 0.29) is 5.82 Å². The predicted molar refractivity (Wildman–Crippen MR) is 36.0 cm³/mol. The van der Waals surface area contributed by atoms with E-state index in [0.717, 1.165) is 0 Å². The number of hydrogen-bond donors (Lipinski definition) is 0. The molecule has 0 aliphatic carbocycles. The monoisotopic (exact) mass is 157 g/mol. The van der Waals surface area contributed by atoms with Crippen molar-refractivity contribution < 1.29 is 9.18 Å². The van der Waals surface area contributed by atoms with Gasteiger partial charge in [-0.1, -0.05) is 0 Å². The zero-order chi connectivity index (χ0) is 8.10. The molecule has 0 saturated heterocycles. The number of aldehydes is 1. The first-order valence-corrected chi connectivity index (χ1v) is 3.27. The summed E-state index contributed by atoms with van der Waals surface area (Å²) in [6.45, 7) is 0.00271. The van der Waals surface area contributed by atoms with Crippen molar-refractivity contribution in [3.8, 4) is 0 Å². The smallest absolute Gasteiger partial charge is 0.191 e. The van der Waals surface area contributed by atoms with Crippen molar-refractivity contribution >= 4 is 6.29 Å². The molecule has 4 nitrogen and oxygen atoms in total. The van der Waals surface area contributed by atoms with Crippen molar-refractivity contribution in [1.82, 2.24) is 14.8 Å². The second kappa shape index (κ2) is 3.80. The molecular formula is C6H8FN3O. The number of nitrogens with zero attached hydrogens (tertiary/aromatic N) is 3. The lowest BCUT2D eigenvalue weighted by molar-refractivity contribution is 0.110. The van der Waals surface area contributed by atoms with Crippen LogP contribution < -0.4 is 0 Å². The van der Waals surface area contributed by atoms with Crippen molar-refractivity contribution in [2.75, 3.05) is 6.67 Å². The van der Waals surface area contributed by atoms with E-state index in [1.807, 2.05) is 0 Å². The highest BCUT2D eigenvalue weighted by molar-refractivity contribution is 5.68. The topological polar surface area (TPSA) is 47.8 Å². The largest absolute Gasteiger partial charge is 0.294 e. The summed E-state index contributed by atoms with van der Waals surface area (Å²) in [5, 5.41) is 3.73. The number of carbonyl (C=O) groups is 1. The first-order chi connectivity index (χ1) is 5.38. The molecule has 5 heteroatoms. The summed E-state index contributed by atoms with van der Waals surface area (Å²) in [5.41, 5.74) is 0. The summed E-state index contributed by atoms with van der Waals surface area (Å²) in [6.07, 6.45) is 2.25. The molecule has 0 atom stereocenters. The SMILES string of the molecule is O=Cc1ncnn1CCCF. The maximum Gasteiger partial charge on any atom is 0.191 e. The lowest BCUT2D eigenvalue weighted by atomic mass is 10.4. The second-order valence-electron chi connectivity index (χ2n) is 2.00. The molecule has 0 fully saturated rings. The summed E-state index contributed by atoms with van der Waals surface area (Å²) in [7, 11) is 0. The Morgan fingerprint density at radius 1 is 1.73 bits per heavy atom. The van der Waals surface area contributed by atoms with Crippen LogP contribution in [0.5, 0.6) is 0 Å². The molecule has 0 aliphatic rings. The molecule has 0 spiro atoms. The summed E-state index contributed by atoms with van der Waals surface area (Å²) < 4.78 is 13.1. The molecule has 0 unspecified atom stereocenters. The van der Waals surface area contributed by atoms with Crippen LogP contribution in [0.3, 0.4) is 0 Å². The van der Waals surface area contributed by atoms with E-state index in [9.17, 15) is 9.18 Å². The lowest BCUT2D eigenvalue weighted by Gasteiger charge is -1.97. The summed E-state index contributed by atoms with van der Waals surface area (Å²) in [5.74, 6) is 0.249. The minimum atomic E-state index is -0.405. The standard InChI is InChI=1S/C6H8FN3O/c7-2-1-3-10-6(4-11)8-5-9-10/h4-5H,1-3H2. The Bertz CT molecular complexity index is 235. The normalized spacial score (nSPS) is 9.91. The summed E-state index contributed by atoms with van der Waals surface area (Å²) in [4.78, 5) is 13.9. The molecule has 1 heterocycles. The fourth-order valence-corrected chi connectivity index (χ4v) is 0.746. The molecule has 0 aromatic carbocycles. The van der Waals surface area contributed by atoms with Gasteiger partial charge in [-0.2, -0.15) is 5.10 Å². The van der Waals surface area contributed by atoms with Crippen molar-refractivity contribution in [3.05, 3.63) is 12.2 Å². The number of aryl methyl sites for hydroxylation is 1. The van der Waals surface area contributed by atoms with Crippen LogP contribution in [0.2, 0.25) is 0 Å². The lowest BCUT2D eigenvalue weighted by Crippen LogP contribution is -2.05. The average molecular weight is 157 g/mol. The van der Waals surface area contributed by atoms with E-state index < -0.39 is 6.67 Å². The zero-order valence-corrected chi connectivity index (χ0v) is 5.90. The van der Waals surface area contributed by atoms with Crippen LogP contribution in [0.4, 0.5) is 4.39 Å². The van der Waals surface area contributed by atoms with Crippen LogP contribution in [0.15, 0.2) is 6.33 Å². The van der Waals surface area contributed by atoms with Gasteiger partial charge in [0.05, 0.1) is 6.67 Å². The number of hydrogen-bond acceptors (Lipinski definition) is 3. The van der Waals surface area contributed by atoms with Crippen molar-refractivity contribution in [3.63, 3.8) is 0 Å². The van der Waals surface area contributed by atoms with Crippen molar-refractivity contribution in [2.24, 2.45) is 0 Å². The Hall–Kier alpha value is -1.26. The van der Waals surface area contributed by atoms with Gasteiger partial charge < -0.3 is 0 Å². The summed E-state index contributed by atoms with van der Waals surface area (Å²) >= 11 is 0. The van der Waals surface area contributed by atoms with Gasteiger partial charge in [0.15, 0.2) is 12.1 Å². The van der Waals surface area contributed by atoms with E-state index in [4.69, 9.17) is 0 Å². The molecule has 0 bridgehead atoms. The predicted octanol–water partition coefficient (Wildman–Crippen LogP) is 0.450. The molecular weight excluding hydrogens is 149 g/mol. The third kappa shape index (κ3) is 1.83. The Balaban J connectivity index is 2.61. The Labute approximate surface area is 63.0 Å². The number of halogens is 1. The Morgan fingerprint density at radius 2 is 2.55 bits per heavy atom. The van der Waals surface area contributed by atoms with Crippen LogP contribution in [0.25, 0.3) is 0 Å². The van der Waals surface area contributed by atoms with Crippen LogP contribution >= 0.6 is 0 Å². The minimum absolute atomic E-state index is 0.249. The highest BCUT2D eigenvalue weighted by Crippen LogP contribution is 1.92. The van der Waals surface area contributed by atoms with E-state index in [1.54, 1.807) is 0 Å².